The first kappa shape index (κ1) is 23.8. The van der Waals surface area contributed by atoms with Gasteiger partial charge in [0.25, 0.3) is 0 Å². The first-order valence-corrected chi connectivity index (χ1v) is 11.8. The van der Waals surface area contributed by atoms with Gasteiger partial charge in [0.2, 0.25) is 5.78 Å². The van der Waals surface area contributed by atoms with Gasteiger partial charge in [-0.3, -0.25) is 9.69 Å². The summed E-state index contributed by atoms with van der Waals surface area (Å²) >= 11 is 0. The molecule has 7 heteroatoms. The molecule has 0 amide bonds. The van der Waals surface area contributed by atoms with Crippen molar-refractivity contribution in [3.05, 3.63) is 82.1 Å². The highest BCUT2D eigenvalue weighted by Gasteiger charge is 2.33. The summed E-state index contributed by atoms with van der Waals surface area (Å²) in [5.41, 5.74) is 4.27. The number of carbonyl (C=O) groups is 1. The Morgan fingerprint density at radius 2 is 1.78 bits per heavy atom. The zero-order valence-electron chi connectivity index (χ0n) is 20.9. The molecule has 2 aliphatic heterocycles. The zero-order valence-corrected chi connectivity index (χ0v) is 20.9. The van der Waals surface area contributed by atoms with Gasteiger partial charge in [0.15, 0.2) is 5.76 Å². The number of ketones is 1. The van der Waals surface area contributed by atoms with Gasteiger partial charge in [-0.2, -0.15) is 0 Å². The van der Waals surface area contributed by atoms with Gasteiger partial charge in [-0.15, -0.1) is 0 Å². The Labute approximate surface area is 210 Å². The summed E-state index contributed by atoms with van der Waals surface area (Å²) in [6, 6.07) is 15.4. The van der Waals surface area contributed by atoms with Gasteiger partial charge in [-0.1, -0.05) is 18.2 Å². The number of nitrogens with zero attached hydrogens (tertiary/aromatic N) is 1. The number of allylic oxidation sites excluding steroid dienone is 1. The standard InChI is InChI=1S/C29H29NO6/c1-18-28-21(16-30(17-35-28)12-11-19-7-5-6-8-24(19)33-3)13-23-27(31)26(36-29(18)23)14-20-9-10-22(32-2)15-25(20)34-4/h5-10,13-15H,11-12,16-17H2,1-4H3/b26-14-. The molecule has 0 fully saturated rings. The maximum atomic E-state index is 13.3. The Morgan fingerprint density at radius 3 is 2.56 bits per heavy atom. The summed E-state index contributed by atoms with van der Waals surface area (Å²) < 4.78 is 28.4. The highest BCUT2D eigenvalue weighted by atomic mass is 16.5. The van der Waals surface area contributed by atoms with E-state index in [9.17, 15) is 4.79 Å². The Hall–Kier alpha value is -3.97. The molecule has 0 aliphatic carbocycles. The lowest BCUT2D eigenvalue weighted by atomic mass is 9.99. The lowest BCUT2D eigenvalue weighted by Crippen LogP contribution is -2.34. The van der Waals surface area contributed by atoms with E-state index in [0.29, 0.717) is 36.1 Å². The third-order valence-electron chi connectivity index (χ3n) is 6.62. The lowest BCUT2D eigenvalue weighted by molar-refractivity contribution is 0.0952. The second-order valence-electron chi connectivity index (χ2n) is 8.80. The normalized spacial score (nSPS) is 15.7. The third kappa shape index (κ3) is 4.38. The van der Waals surface area contributed by atoms with Crippen LogP contribution < -0.4 is 23.7 Å². The quantitative estimate of drug-likeness (QED) is 0.433. The van der Waals surface area contributed by atoms with Crippen LogP contribution >= 0.6 is 0 Å². The van der Waals surface area contributed by atoms with Crippen LogP contribution in [-0.4, -0.2) is 45.3 Å². The average molecular weight is 488 g/mol. The molecule has 0 N–H and O–H groups in total. The monoisotopic (exact) mass is 487 g/mol. The molecule has 0 aromatic heterocycles. The summed E-state index contributed by atoms with van der Waals surface area (Å²) in [4.78, 5) is 15.5. The van der Waals surface area contributed by atoms with E-state index >= 15 is 0 Å². The average Bonchev–Trinajstić information content (AvgIpc) is 3.22. The molecule has 0 unspecified atom stereocenters. The van der Waals surface area contributed by atoms with Crippen LogP contribution in [0.3, 0.4) is 0 Å². The molecule has 0 saturated heterocycles. The molecule has 0 bridgehead atoms. The molecule has 3 aromatic rings. The van der Waals surface area contributed by atoms with Crippen LogP contribution in [0, 0.1) is 6.92 Å². The van der Waals surface area contributed by atoms with Gasteiger partial charge in [0.05, 0.1) is 26.9 Å². The van der Waals surface area contributed by atoms with E-state index in [2.05, 4.69) is 11.0 Å². The maximum Gasteiger partial charge on any atom is 0.231 e. The van der Waals surface area contributed by atoms with E-state index in [1.54, 1.807) is 33.5 Å². The lowest BCUT2D eigenvalue weighted by Gasteiger charge is -2.30. The number of para-hydroxylation sites is 1. The van der Waals surface area contributed by atoms with Gasteiger partial charge >= 0.3 is 0 Å². The Morgan fingerprint density at radius 1 is 0.972 bits per heavy atom. The van der Waals surface area contributed by atoms with Crippen molar-refractivity contribution in [3.63, 3.8) is 0 Å². The molecular formula is C29H29NO6. The van der Waals surface area contributed by atoms with Crippen LogP contribution in [0.25, 0.3) is 6.08 Å². The van der Waals surface area contributed by atoms with Gasteiger partial charge < -0.3 is 23.7 Å². The fourth-order valence-corrected chi connectivity index (χ4v) is 4.71. The molecule has 186 valence electrons. The minimum atomic E-state index is -0.153. The summed E-state index contributed by atoms with van der Waals surface area (Å²) in [7, 11) is 4.87. The van der Waals surface area contributed by atoms with Gasteiger partial charge in [-0.05, 0) is 49.2 Å². The number of hydrogen-bond acceptors (Lipinski definition) is 7. The van der Waals surface area contributed by atoms with Crippen molar-refractivity contribution in [1.29, 1.82) is 0 Å². The smallest absolute Gasteiger partial charge is 0.231 e. The molecular weight excluding hydrogens is 458 g/mol. The Balaban J connectivity index is 1.37. The van der Waals surface area contributed by atoms with Crippen molar-refractivity contribution in [2.24, 2.45) is 0 Å². The van der Waals surface area contributed by atoms with E-state index in [1.165, 1.54) is 0 Å². The minimum absolute atomic E-state index is 0.153. The van der Waals surface area contributed by atoms with Crippen molar-refractivity contribution >= 4 is 11.9 Å². The van der Waals surface area contributed by atoms with Gasteiger partial charge in [0, 0.05) is 35.8 Å². The van der Waals surface area contributed by atoms with Crippen LogP contribution in [0.2, 0.25) is 0 Å². The summed E-state index contributed by atoms with van der Waals surface area (Å²) in [5.74, 6) is 3.61. The van der Waals surface area contributed by atoms with Gasteiger partial charge in [-0.25, -0.2) is 0 Å². The van der Waals surface area contributed by atoms with Crippen molar-refractivity contribution in [1.82, 2.24) is 4.90 Å². The second-order valence-corrected chi connectivity index (χ2v) is 8.80. The van der Waals surface area contributed by atoms with E-state index in [0.717, 1.165) is 46.7 Å². The van der Waals surface area contributed by atoms with Crippen molar-refractivity contribution in [3.8, 4) is 28.7 Å². The minimum Gasteiger partial charge on any atom is -0.497 e. The Bertz CT molecular complexity index is 1350. The SMILES string of the molecule is COc1ccc(/C=C2\Oc3c(cc4c(c3C)OCN(CCc3ccccc3OC)C4)C2=O)c(OC)c1. The van der Waals surface area contributed by atoms with Crippen LogP contribution in [0.15, 0.2) is 54.3 Å². The molecule has 0 atom stereocenters. The van der Waals surface area contributed by atoms with E-state index in [-0.39, 0.29) is 11.5 Å². The van der Waals surface area contributed by atoms with Crippen molar-refractivity contribution in [2.75, 3.05) is 34.6 Å². The fourth-order valence-electron chi connectivity index (χ4n) is 4.71. The van der Waals surface area contributed by atoms with Crippen LogP contribution in [-0.2, 0) is 13.0 Å². The number of methoxy groups -OCH3 is 3. The highest BCUT2D eigenvalue weighted by molar-refractivity contribution is 6.15. The van der Waals surface area contributed by atoms with E-state index in [4.69, 9.17) is 23.7 Å². The first-order valence-electron chi connectivity index (χ1n) is 11.8. The van der Waals surface area contributed by atoms with Crippen LogP contribution in [0.1, 0.15) is 32.6 Å². The van der Waals surface area contributed by atoms with Gasteiger partial charge in [0.1, 0.15) is 35.5 Å². The van der Waals surface area contributed by atoms with E-state index in [1.807, 2.05) is 43.3 Å². The number of fused-ring (bicyclic) bond motifs is 2. The molecule has 0 saturated carbocycles. The molecule has 5 rings (SSSR count). The molecule has 7 nitrogen and oxygen atoms in total. The number of hydrogen-bond donors (Lipinski definition) is 0. The Kier molecular flexibility index (Phi) is 6.57. The molecule has 0 spiro atoms. The molecule has 2 heterocycles. The molecule has 0 radical (unpaired) electrons. The van der Waals surface area contributed by atoms with Crippen LogP contribution in [0.4, 0.5) is 0 Å². The summed E-state index contributed by atoms with van der Waals surface area (Å²) in [5, 5.41) is 0. The van der Waals surface area contributed by atoms with E-state index < -0.39 is 0 Å². The predicted octanol–water partition coefficient (Wildman–Crippen LogP) is 5.03. The molecule has 36 heavy (non-hydrogen) atoms. The van der Waals surface area contributed by atoms with Crippen molar-refractivity contribution in [2.45, 2.75) is 19.9 Å². The fraction of sp³-hybridized carbons (Fsp3) is 0.276. The number of carbonyl (C=O) groups excluding carboxylic acids is 1. The second kappa shape index (κ2) is 9.95. The topological polar surface area (TPSA) is 66.5 Å². The first-order chi connectivity index (χ1) is 17.5. The van der Waals surface area contributed by atoms with Crippen LogP contribution in [0.5, 0.6) is 28.7 Å². The highest BCUT2D eigenvalue weighted by Crippen LogP contribution is 2.43. The summed E-state index contributed by atoms with van der Waals surface area (Å²) in [6.07, 6.45) is 2.55. The molecule has 3 aromatic carbocycles. The summed E-state index contributed by atoms with van der Waals surface area (Å²) in [6.45, 7) is 3.91. The number of benzene rings is 3. The largest absolute Gasteiger partial charge is 0.497 e. The molecule has 2 aliphatic rings. The predicted molar refractivity (Wildman–Crippen MR) is 136 cm³/mol. The third-order valence-corrected chi connectivity index (χ3v) is 6.62. The number of ether oxygens (including phenoxy) is 5. The maximum absolute atomic E-state index is 13.3. The number of Topliss-reactive ketones (excluding diaryl/α,β-unsaturated/α-hetero) is 1. The number of rotatable bonds is 7. The van der Waals surface area contributed by atoms with Crippen molar-refractivity contribution < 1.29 is 28.5 Å². The zero-order chi connectivity index (χ0) is 25.2.